The Kier molecular flexibility index (Phi) is 8.53. The lowest BCUT2D eigenvalue weighted by atomic mass is 10.1. The number of nitrogens with one attached hydrogen (secondary N) is 1. The van der Waals surface area contributed by atoms with Crippen LogP contribution in [-0.2, 0) is 11.4 Å². The molecule has 0 saturated carbocycles. The van der Waals surface area contributed by atoms with Crippen LogP contribution < -0.4 is 14.9 Å². The van der Waals surface area contributed by atoms with E-state index in [1.54, 1.807) is 54.6 Å². The Labute approximate surface area is 228 Å². The summed E-state index contributed by atoms with van der Waals surface area (Å²) in [7, 11) is 0. The van der Waals surface area contributed by atoms with Gasteiger partial charge in [-0.25, -0.2) is 0 Å². The Bertz CT molecular complexity index is 1330. The average Bonchev–Trinajstić information content (AvgIpc) is 3.12. The van der Waals surface area contributed by atoms with E-state index in [0.717, 1.165) is 27.9 Å². The molecule has 1 N–H and O–H groups in total. The number of nitrogens with zero attached hydrogens (tertiary/aromatic N) is 1. The molecule has 10 heteroatoms. The Morgan fingerprint density at radius 1 is 1.00 bits per heavy atom. The monoisotopic (exact) mass is 558 g/mol. The Morgan fingerprint density at radius 2 is 1.67 bits per heavy atom. The second-order valence-electron chi connectivity index (χ2n) is 7.52. The van der Waals surface area contributed by atoms with E-state index in [9.17, 15) is 9.59 Å². The van der Waals surface area contributed by atoms with E-state index in [-0.39, 0.29) is 4.32 Å². The van der Waals surface area contributed by atoms with Crippen molar-refractivity contribution in [2.45, 2.75) is 13.5 Å². The number of thioether (sulfide) groups is 1. The van der Waals surface area contributed by atoms with Crippen molar-refractivity contribution in [3.05, 3.63) is 98.4 Å². The quantitative estimate of drug-likeness (QED) is 0.251. The van der Waals surface area contributed by atoms with Crippen LogP contribution in [0.25, 0.3) is 6.08 Å². The number of benzene rings is 3. The third-order valence-corrected chi connectivity index (χ3v) is 6.79. The van der Waals surface area contributed by atoms with Crippen LogP contribution in [0.15, 0.2) is 71.6 Å². The lowest BCUT2D eigenvalue weighted by molar-refractivity contribution is -0.123. The van der Waals surface area contributed by atoms with Gasteiger partial charge in [-0.2, -0.15) is 5.01 Å². The number of hydrazine groups is 1. The third kappa shape index (κ3) is 6.39. The summed E-state index contributed by atoms with van der Waals surface area (Å²) in [4.78, 5) is 25.8. The smallest absolute Gasteiger partial charge is 0.285 e. The minimum atomic E-state index is -0.468. The molecule has 1 saturated heterocycles. The van der Waals surface area contributed by atoms with Gasteiger partial charge in [-0.15, -0.1) is 0 Å². The SMILES string of the molecule is CCOc1cc(/C=C2\SC(=S)N(NC(=O)c3ccc(Cl)cc3)C2=O)ccc1OCc1ccc(Cl)cc1. The second kappa shape index (κ2) is 11.8. The number of rotatable bonds is 8. The predicted molar refractivity (Wildman–Crippen MR) is 147 cm³/mol. The van der Waals surface area contributed by atoms with E-state index in [2.05, 4.69) is 5.43 Å². The summed E-state index contributed by atoms with van der Waals surface area (Å²) >= 11 is 18.2. The van der Waals surface area contributed by atoms with E-state index in [4.69, 9.17) is 44.9 Å². The summed E-state index contributed by atoms with van der Waals surface area (Å²) in [6, 6.07) is 19.1. The highest BCUT2D eigenvalue weighted by molar-refractivity contribution is 8.26. The van der Waals surface area contributed by atoms with Gasteiger partial charge in [-0.3, -0.25) is 15.0 Å². The molecule has 0 spiro atoms. The van der Waals surface area contributed by atoms with E-state index in [1.165, 1.54) is 0 Å². The minimum absolute atomic E-state index is 0.224. The van der Waals surface area contributed by atoms with Gasteiger partial charge in [0.15, 0.2) is 15.8 Å². The molecular weight excluding hydrogens is 539 g/mol. The van der Waals surface area contributed by atoms with Gasteiger partial charge in [0.1, 0.15) is 6.61 Å². The van der Waals surface area contributed by atoms with Crippen molar-refractivity contribution in [3.63, 3.8) is 0 Å². The number of amides is 2. The number of thiocarbonyl (C=S) groups is 1. The van der Waals surface area contributed by atoms with Crippen LogP contribution in [-0.4, -0.2) is 27.8 Å². The summed E-state index contributed by atoms with van der Waals surface area (Å²) in [5.74, 6) is 0.233. The van der Waals surface area contributed by atoms with Crippen LogP contribution in [0.1, 0.15) is 28.4 Å². The number of carbonyl (C=O) groups is 2. The maximum absolute atomic E-state index is 13.0. The van der Waals surface area contributed by atoms with E-state index in [0.29, 0.717) is 45.2 Å². The van der Waals surface area contributed by atoms with Crippen molar-refractivity contribution >= 4 is 69.4 Å². The molecule has 0 radical (unpaired) electrons. The van der Waals surface area contributed by atoms with Crippen LogP contribution in [0.5, 0.6) is 11.5 Å². The standard InChI is InChI=1S/C26H20Cl2N2O4S2/c1-2-33-22-13-17(5-12-21(22)34-15-16-3-8-19(27)9-4-16)14-23-25(32)30(26(35)36-23)29-24(31)18-6-10-20(28)11-7-18/h3-14H,2,15H2,1H3,(H,29,31)/b23-14-. The summed E-state index contributed by atoms with van der Waals surface area (Å²) in [5.41, 5.74) is 4.60. The first kappa shape index (κ1) is 26.0. The first-order valence-corrected chi connectivity index (χ1v) is 12.8. The van der Waals surface area contributed by atoms with Gasteiger partial charge in [0.2, 0.25) is 0 Å². The molecular formula is C26H20Cl2N2O4S2. The van der Waals surface area contributed by atoms with E-state index < -0.39 is 11.8 Å². The van der Waals surface area contributed by atoms with Crippen molar-refractivity contribution in [3.8, 4) is 11.5 Å². The fourth-order valence-corrected chi connectivity index (χ4v) is 4.66. The number of carbonyl (C=O) groups excluding carboxylic acids is 2. The molecule has 6 nitrogen and oxygen atoms in total. The van der Waals surface area contributed by atoms with Gasteiger partial charge in [-0.05, 0) is 84.9 Å². The first-order valence-electron chi connectivity index (χ1n) is 10.8. The summed E-state index contributed by atoms with van der Waals surface area (Å²) in [6.07, 6.45) is 1.69. The Morgan fingerprint density at radius 3 is 2.33 bits per heavy atom. The molecule has 0 unspecified atom stereocenters. The molecule has 2 amide bonds. The molecule has 0 aliphatic carbocycles. The lowest BCUT2D eigenvalue weighted by Crippen LogP contribution is -2.44. The fraction of sp³-hybridized carbons (Fsp3) is 0.115. The molecule has 0 bridgehead atoms. The lowest BCUT2D eigenvalue weighted by Gasteiger charge is -2.15. The van der Waals surface area contributed by atoms with Crippen molar-refractivity contribution in [1.82, 2.24) is 10.4 Å². The Hall–Kier alpha value is -3.04. The minimum Gasteiger partial charge on any atom is -0.490 e. The molecule has 1 aliphatic rings. The number of halogens is 2. The molecule has 36 heavy (non-hydrogen) atoms. The largest absolute Gasteiger partial charge is 0.490 e. The zero-order valence-electron chi connectivity index (χ0n) is 19.0. The summed E-state index contributed by atoms with van der Waals surface area (Å²) in [5, 5.41) is 2.23. The number of hydrogen-bond donors (Lipinski definition) is 1. The highest BCUT2D eigenvalue weighted by Crippen LogP contribution is 2.34. The second-order valence-corrected chi connectivity index (χ2v) is 10.1. The number of ether oxygens (including phenoxy) is 2. The van der Waals surface area contributed by atoms with Gasteiger partial charge in [0.05, 0.1) is 11.5 Å². The highest BCUT2D eigenvalue weighted by atomic mass is 35.5. The molecule has 3 aromatic carbocycles. The molecule has 184 valence electrons. The zero-order chi connectivity index (χ0) is 25.7. The van der Waals surface area contributed by atoms with Gasteiger partial charge < -0.3 is 9.47 Å². The molecule has 4 rings (SSSR count). The van der Waals surface area contributed by atoms with Crippen LogP contribution in [0.3, 0.4) is 0 Å². The normalized spacial score (nSPS) is 14.3. The highest BCUT2D eigenvalue weighted by Gasteiger charge is 2.33. The van der Waals surface area contributed by atoms with Gasteiger partial charge >= 0.3 is 0 Å². The predicted octanol–water partition coefficient (Wildman–Crippen LogP) is 6.52. The van der Waals surface area contributed by atoms with Gasteiger partial charge in [0.25, 0.3) is 11.8 Å². The van der Waals surface area contributed by atoms with Crippen molar-refractivity contribution in [1.29, 1.82) is 0 Å². The Balaban J connectivity index is 1.48. The molecule has 1 heterocycles. The van der Waals surface area contributed by atoms with Crippen molar-refractivity contribution < 1.29 is 19.1 Å². The summed E-state index contributed by atoms with van der Waals surface area (Å²) in [6.45, 7) is 2.67. The van der Waals surface area contributed by atoms with Crippen LogP contribution in [0.2, 0.25) is 10.0 Å². The maximum atomic E-state index is 13.0. The molecule has 1 aliphatic heterocycles. The fourth-order valence-electron chi connectivity index (χ4n) is 3.23. The van der Waals surface area contributed by atoms with Crippen LogP contribution >= 0.6 is 47.2 Å². The molecule has 0 aromatic heterocycles. The molecule has 0 atom stereocenters. The van der Waals surface area contributed by atoms with Crippen molar-refractivity contribution in [2.24, 2.45) is 0 Å². The van der Waals surface area contributed by atoms with E-state index in [1.807, 2.05) is 25.1 Å². The van der Waals surface area contributed by atoms with Crippen LogP contribution in [0.4, 0.5) is 0 Å². The van der Waals surface area contributed by atoms with Crippen molar-refractivity contribution in [2.75, 3.05) is 6.61 Å². The summed E-state index contributed by atoms with van der Waals surface area (Å²) < 4.78 is 11.9. The molecule has 1 fully saturated rings. The van der Waals surface area contributed by atoms with Gasteiger partial charge in [0, 0.05) is 15.6 Å². The zero-order valence-corrected chi connectivity index (χ0v) is 22.1. The third-order valence-electron chi connectivity index (χ3n) is 4.99. The molecule has 3 aromatic rings. The first-order chi connectivity index (χ1) is 17.3. The average molecular weight is 559 g/mol. The maximum Gasteiger partial charge on any atom is 0.285 e. The van der Waals surface area contributed by atoms with Gasteiger partial charge in [-0.1, -0.05) is 53.2 Å². The van der Waals surface area contributed by atoms with E-state index >= 15 is 0 Å². The number of hydrogen-bond acceptors (Lipinski definition) is 6. The topological polar surface area (TPSA) is 67.9 Å². The van der Waals surface area contributed by atoms with Crippen LogP contribution in [0, 0.1) is 0 Å².